The van der Waals surface area contributed by atoms with Crippen LogP contribution in [0.15, 0.2) is 78.0 Å². The summed E-state index contributed by atoms with van der Waals surface area (Å²) in [4.78, 5) is 9.45. The van der Waals surface area contributed by atoms with Gasteiger partial charge < -0.3 is 15.0 Å². The molecule has 1 aromatic heterocycles. The van der Waals surface area contributed by atoms with E-state index in [-0.39, 0.29) is 30.1 Å². The summed E-state index contributed by atoms with van der Waals surface area (Å²) in [5, 5.41) is 7.87. The average molecular weight is 558 g/mol. The molecular weight excluding hydrogens is 527 g/mol. The molecule has 2 aromatic carbocycles. The van der Waals surface area contributed by atoms with Crippen LogP contribution in [0.1, 0.15) is 11.1 Å². The van der Waals surface area contributed by atoms with Gasteiger partial charge >= 0.3 is 0 Å². The minimum atomic E-state index is 0. The van der Waals surface area contributed by atoms with Gasteiger partial charge in [0.25, 0.3) is 0 Å². The molecule has 0 amide bonds. The Morgan fingerprint density at radius 2 is 1.94 bits per heavy atom. The van der Waals surface area contributed by atoms with Crippen molar-refractivity contribution < 1.29 is 4.74 Å². The summed E-state index contributed by atoms with van der Waals surface area (Å²) in [5.74, 6) is 0.923. The largest absolute Gasteiger partial charge is 0.373 e. The van der Waals surface area contributed by atoms with Crippen LogP contribution in [0.25, 0.3) is 5.69 Å². The third-order valence-electron chi connectivity index (χ3n) is 6.29. The van der Waals surface area contributed by atoms with E-state index < -0.39 is 0 Å². The third-order valence-corrected chi connectivity index (χ3v) is 6.29. The van der Waals surface area contributed by atoms with Crippen molar-refractivity contribution in [1.82, 2.24) is 24.9 Å². The van der Waals surface area contributed by atoms with Crippen LogP contribution in [0.5, 0.6) is 0 Å². The highest BCUT2D eigenvalue weighted by Crippen LogP contribution is 2.24. The quantitative estimate of drug-likeness (QED) is 0.297. The van der Waals surface area contributed by atoms with Crippen LogP contribution in [0.2, 0.25) is 0 Å². The Morgan fingerprint density at radius 1 is 1.09 bits per heavy atom. The summed E-state index contributed by atoms with van der Waals surface area (Å²) in [5.41, 5.74) is 3.60. The average Bonchev–Trinajstić information content (AvgIpc) is 3.51. The molecule has 5 rings (SSSR count). The molecule has 33 heavy (non-hydrogen) atoms. The second kappa shape index (κ2) is 11.1. The van der Waals surface area contributed by atoms with Gasteiger partial charge in [0.15, 0.2) is 5.96 Å². The highest BCUT2D eigenvalue weighted by Gasteiger charge is 2.41. The second-order valence-corrected chi connectivity index (χ2v) is 8.36. The predicted octanol–water partition coefficient (Wildman–Crippen LogP) is 3.15. The zero-order valence-electron chi connectivity index (χ0n) is 18.9. The van der Waals surface area contributed by atoms with Gasteiger partial charge in [-0.1, -0.05) is 42.5 Å². The Kier molecular flexibility index (Phi) is 8.00. The number of halogens is 1. The lowest BCUT2D eigenvalue weighted by Gasteiger charge is -2.36. The van der Waals surface area contributed by atoms with Crippen molar-refractivity contribution in [2.75, 3.05) is 33.3 Å². The Morgan fingerprint density at radius 3 is 2.73 bits per heavy atom. The van der Waals surface area contributed by atoms with E-state index in [1.54, 1.807) is 6.20 Å². The van der Waals surface area contributed by atoms with E-state index in [0.717, 1.165) is 44.4 Å². The van der Waals surface area contributed by atoms with Crippen LogP contribution in [0.3, 0.4) is 0 Å². The van der Waals surface area contributed by atoms with Crippen molar-refractivity contribution in [3.8, 4) is 5.69 Å². The molecule has 0 saturated carbocycles. The van der Waals surface area contributed by atoms with Gasteiger partial charge in [0.1, 0.15) is 0 Å². The Labute approximate surface area is 212 Å². The molecule has 1 N–H and O–H groups in total. The van der Waals surface area contributed by atoms with Gasteiger partial charge in [-0.05, 0) is 29.3 Å². The van der Waals surface area contributed by atoms with E-state index in [1.165, 1.54) is 11.1 Å². The summed E-state index contributed by atoms with van der Waals surface area (Å²) in [6.45, 7) is 5.21. The highest BCUT2D eigenvalue weighted by atomic mass is 127. The number of likely N-dealkylation sites (tertiary alicyclic amines) is 1. The first-order chi connectivity index (χ1) is 15.8. The van der Waals surface area contributed by atoms with E-state index in [9.17, 15) is 0 Å². The minimum absolute atomic E-state index is 0. The lowest BCUT2D eigenvalue weighted by atomic mass is 10.1. The smallest absolute Gasteiger partial charge is 0.194 e. The lowest BCUT2D eigenvalue weighted by Crippen LogP contribution is -2.50. The van der Waals surface area contributed by atoms with E-state index in [2.05, 4.69) is 79.8 Å². The predicted molar refractivity (Wildman–Crippen MR) is 141 cm³/mol. The molecule has 2 atom stereocenters. The minimum Gasteiger partial charge on any atom is -0.373 e. The summed E-state index contributed by atoms with van der Waals surface area (Å²) in [7, 11) is 1.85. The molecule has 2 aliphatic heterocycles. The maximum Gasteiger partial charge on any atom is 0.194 e. The summed E-state index contributed by atoms with van der Waals surface area (Å²) >= 11 is 0. The number of aliphatic imine (C=N–C) groups is 1. The molecule has 8 heteroatoms. The van der Waals surface area contributed by atoms with Crippen molar-refractivity contribution >= 4 is 29.9 Å². The Hall–Kier alpha value is -2.43. The first-order valence-electron chi connectivity index (χ1n) is 11.2. The SMILES string of the molecule is CN=C(NCc1cccc(-n2cccn2)c1)N1CC2OCCN(Cc3ccccc3)C2C1.I. The number of hydrogen-bond acceptors (Lipinski definition) is 4. The molecule has 174 valence electrons. The second-order valence-electron chi connectivity index (χ2n) is 8.36. The molecule has 2 unspecified atom stereocenters. The van der Waals surface area contributed by atoms with Crippen LogP contribution in [0, 0.1) is 0 Å². The molecule has 3 aromatic rings. The summed E-state index contributed by atoms with van der Waals surface area (Å²) in [6, 6.07) is 21.4. The number of rotatable bonds is 5. The van der Waals surface area contributed by atoms with Crippen LogP contribution < -0.4 is 5.32 Å². The molecular formula is C25H31IN6O. The number of fused-ring (bicyclic) bond motifs is 1. The highest BCUT2D eigenvalue weighted by molar-refractivity contribution is 14.0. The Balaban J connectivity index is 0.00000259. The number of nitrogens with zero attached hydrogens (tertiary/aromatic N) is 5. The number of guanidine groups is 1. The van der Waals surface area contributed by atoms with E-state index in [1.807, 2.05) is 24.0 Å². The van der Waals surface area contributed by atoms with Gasteiger partial charge in [0.05, 0.1) is 24.4 Å². The fourth-order valence-electron chi connectivity index (χ4n) is 4.69. The summed E-state index contributed by atoms with van der Waals surface area (Å²) < 4.78 is 8.02. The molecule has 2 saturated heterocycles. The van der Waals surface area contributed by atoms with Crippen molar-refractivity contribution in [2.45, 2.75) is 25.2 Å². The van der Waals surface area contributed by atoms with Gasteiger partial charge in [-0.2, -0.15) is 5.10 Å². The molecule has 7 nitrogen and oxygen atoms in total. The topological polar surface area (TPSA) is 57.9 Å². The molecule has 0 spiro atoms. The van der Waals surface area contributed by atoms with Gasteiger partial charge in [-0.25, -0.2) is 4.68 Å². The lowest BCUT2D eigenvalue weighted by molar-refractivity contribution is -0.0502. The maximum atomic E-state index is 6.14. The van der Waals surface area contributed by atoms with E-state index in [0.29, 0.717) is 12.6 Å². The summed E-state index contributed by atoms with van der Waals surface area (Å²) in [6.07, 6.45) is 3.97. The van der Waals surface area contributed by atoms with Crippen molar-refractivity contribution in [2.24, 2.45) is 4.99 Å². The number of ether oxygens (including phenoxy) is 1. The fraction of sp³-hybridized carbons (Fsp3) is 0.360. The molecule has 0 radical (unpaired) electrons. The molecule has 2 fully saturated rings. The van der Waals surface area contributed by atoms with Gasteiger partial charge in [-0.15, -0.1) is 24.0 Å². The number of morpholine rings is 1. The molecule has 3 heterocycles. The Bertz CT molecular complexity index is 1040. The molecule has 0 aliphatic carbocycles. The zero-order chi connectivity index (χ0) is 21.8. The van der Waals surface area contributed by atoms with Crippen molar-refractivity contribution in [1.29, 1.82) is 0 Å². The van der Waals surface area contributed by atoms with E-state index >= 15 is 0 Å². The first kappa shape index (κ1) is 23.7. The number of benzene rings is 2. The van der Waals surface area contributed by atoms with Crippen LogP contribution in [-0.4, -0.2) is 71.0 Å². The zero-order valence-corrected chi connectivity index (χ0v) is 21.2. The number of hydrogen-bond donors (Lipinski definition) is 1. The van der Waals surface area contributed by atoms with E-state index in [4.69, 9.17) is 4.74 Å². The number of nitrogens with one attached hydrogen (secondary N) is 1. The van der Waals surface area contributed by atoms with Crippen LogP contribution in [-0.2, 0) is 17.8 Å². The number of aromatic nitrogens is 2. The standard InChI is InChI=1S/C25H30N6O.HI/c1-26-25(27-16-21-9-5-10-22(15-21)31-12-6-11-28-31)30-18-23-24(19-30)32-14-13-29(23)17-20-7-3-2-4-8-20;/h2-12,15,23-24H,13-14,16-19H2,1H3,(H,26,27);1H. The molecule has 2 aliphatic rings. The fourth-order valence-corrected chi connectivity index (χ4v) is 4.69. The van der Waals surface area contributed by atoms with Crippen molar-refractivity contribution in [3.05, 3.63) is 84.2 Å². The van der Waals surface area contributed by atoms with Gasteiger partial charge in [0, 0.05) is 52.2 Å². The molecule has 0 bridgehead atoms. The van der Waals surface area contributed by atoms with Gasteiger partial charge in [0.2, 0.25) is 0 Å². The van der Waals surface area contributed by atoms with Gasteiger partial charge in [-0.3, -0.25) is 9.89 Å². The van der Waals surface area contributed by atoms with Crippen LogP contribution in [0.4, 0.5) is 0 Å². The third kappa shape index (κ3) is 5.56. The van der Waals surface area contributed by atoms with Crippen molar-refractivity contribution in [3.63, 3.8) is 0 Å². The maximum absolute atomic E-state index is 6.14. The normalized spacial score (nSPS) is 20.9. The van der Waals surface area contributed by atoms with Crippen LogP contribution >= 0.6 is 24.0 Å². The first-order valence-corrected chi connectivity index (χ1v) is 11.2. The monoisotopic (exact) mass is 558 g/mol.